The van der Waals surface area contributed by atoms with E-state index >= 15 is 0 Å². The molecule has 6 nitrogen and oxygen atoms in total. The smallest absolute Gasteiger partial charge is 0.408 e. The van der Waals surface area contributed by atoms with E-state index in [0.717, 1.165) is 19.3 Å². The van der Waals surface area contributed by atoms with Crippen LogP contribution in [0.15, 0.2) is 0 Å². The topological polar surface area (TPSA) is 98.5 Å². The second-order valence-corrected chi connectivity index (χ2v) is 7.89. The van der Waals surface area contributed by atoms with Crippen LogP contribution in [0.4, 0.5) is 4.79 Å². The summed E-state index contributed by atoms with van der Waals surface area (Å²) in [6.45, 7) is 5.29. The summed E-state index contributed by atoms with van der Waals surface area (Å²) in [5.74, 6) is -0.237. The summed E-state index contributed by atoms with van der Waals surface area (Å²) in [6.07, 6.45) is 3.45. The van der Waals surface area contributed by atoms with E-state index in [1.54, 1.807) is 20.8 Å². The van der Waals surface area contributed by atoms with Gasteiger partial charge < -0.3 is 10.1 Å². The molecule has 0 spiro atoms. The maximum absolute atomic E-state index is 11.8. The molecule has 0 aliphatic heterocycles. The molecule has 112 valence electrons. The predicted octanol–water partition coefficient (Wildman–Crippen LogP) is 1.50. The van der Waals surface area contributed by atoms with Crippen LogP contribution in [0.1, 0.15) is 52.9 Å². The Balaban J connectivity index is 2.77. The van der Waals surface area contributed by atoms with Gasteiger partial charge in [-0.25, -0.2) is 18.4 Å². The number of primary sulfonamides is 1. The lowest BCUT2D eigenvalue weighted by Crippen LogP contribution is -2.56. The van der Waals surface area contributed by atoms with E-state index in [9.17, 15) is 13.2 Å². The molecule has 1 saturated carbocycles. The van der Waals surface area contributed by atoms with Crippen LogP contribution in [0, 0.1) is 0 Å². The Hall–Kier alpha value is -0.820. The highest BCUT2D eigenvalue weighted by Crippen LogP contribution is 2.29. The van der Waals surface area contributed by atoms with Gasteiger partial charge in [0, 0.05) is 0 Å². The van der Waals surface area contributed by atoms with E-state index in [0.29, 0.717) is 12.8 Å². The highest BCUT2D eigenvalue weighted by molar-refractivity contribution is 7.89. The number of carbonyl (C=O) groups excluding carboxylic acids is 1. The van der Waals surface area contributed by atoms with Crippen molar-refractivity contribution in [2.45, 2.75) is 64.0 Å². The monoisotopic (exact) mass is 292 g/mol. The number of nitrogens with one attached hydrogen (secondary N) is 1. The summed E-state index contributed by atoms with van der Waals surface area (Å²) in [6, 6.07) is 0. The molecule has 0 aromatic rings. The van der Waals surface area contributed by atoms with Crippen LogP contribution in [0.2, 0.25) is 0 Å². The largest absolute Gasteiger partial charge is 0.444 e. The van der Waals surface area contributed by atoms with E-state index in [2.05, 4.69) is 5.32 Å². The van der Waals surface area contributed by atoms with Gasteiger partial charge in [-0.15, -0.1) is 0 Å². The van der Waals surface area contributed by atoms with Crippen molar-refractivity contribution in [1.82, 2.24) is 5.32 Å². The maximum atomic E-state index is 11.8. The Morgan fingerprint density at radius 3 is 2.21 bits per heavy atom. The summed E-state index contributed by atoms with van der Waals surface area (Å²) in [4.78, 5) is 11.8. The fourth-order valence-electron chi connectivity index (χ4n) is 2.44. The number of amides is 1. The zero-order valence-electron chi connectivity index (χ0n) is 11.9. The molecule has 1 aliphatic rings. The third kappa shape index (κ3) is 6.24. The molecule has 0 aromatic carbocycles. The van der Waals surface area contributed by atoms with Gasteiger partial charge in [-0.2, -0.15) is 0 Å². The molecule has 0 saturated heterocycles. The van der Waals surface area contributed by atoms with Crippen molar-refractivity contribution in [3.8, 4) is 0 Å². The van der Waals surface area contributed by atoms with Crippen molar-refractivity contribution in [2.75, 3.05) is 5.75 Å². The third-order valence-corrected chi connectivity index (χ3v) is 4.01. The molecular weight excluding hydrogens is 268 g/mol. The van der Waals surface area contributed by atoms with Crippen LogP contribution in [0.25, 0.3) is 0 Å². The molecule has 19 heavy (non-hydrogen) atoms. The molecule has 0 heterocycles. The maximum Gasteiger partial charge on any atom is 0.408 e. The van der Waals surface area contributed by atoms with Gasteiger partial charge in [0.05, 0.1) is 11.3 Å². The zero-order valence-corrected chi connectivity index (χ0v) is 12.7. The zero-order chi connectivity index (χ0) is 14.7. The molecule has 1 rings (SSSR count). The average Bonchev–Trinajstić information content (AvgIpc) is 2.11. The minimum Gasteiger partial charge on any atom is -0.444 e. The first-order valence-electron chi connectivity index (χ1n) is 6.53. The van der Waals surface area contributed by atoms with Crippen LogP contribution in [0.5, 0.6) is 0 Å². The second kappa shape index (κ2) is 5.66. The Bertz CT molecular complexity index is 420. The highest BCUT2D eigenvalue weighted by atomic mass is 32.2. The normalized spacial score (nSPS) is 19.8. The standard InChI is InChI=1S/C12H24N2O4S/c1-11(2,3)18-10(15)14-12(9-19(13,16)17)7-5-4-6-8-12/h4-9H2,1-3H3,(H,14,15)(H2,13,16,17). The van der Waals surface area contributed by atoms with Crippen LogP contribution in [0.3, 0.4) is 0 Å². The summed E-state index contributed by atoms with van der Waals surface area (Å²) >= 11 is 0. The molecule has 1 fully saturated rings. The molecule has 0 atom stereocenters. The van der Waals surface area contributed by atoms with Crippen molar-refractivity contribution in [2.24, 2.45) is 5.14 Å². The van der Waals surface area contributed by atoms with Crippen LogP contribution in [-0.4, -0.2) is 31.4 Å². The molecule has 0 aromatic heterocycles. The number of rotatable bonds is 3. The minimum atomic E-state index is -3.64. The fourth-order valence-corrected chi connectivity index (χ4v) is 3.57. The molecule has 0 radical (unpaired) electrons. The number of alkyl carbamates (subject to hydrolysis) is 1. The first-order chi connectivity index (χ1) is 8.52. The molecule has 3 N–H and O–H groups in total. The van der Waals surface area contributed by atoms with Crippen LogP contribution < -0.4 is 10.5 Å². The van der Waals surface area contributed by atoms with Gasteiger partial charge in [-0.1, -0.05) is 19.3 Å². The van der Waals surface area contributed by atoms with Crippen molar-refractivity contribution >= 4 is 16.1 Å². The molecule has 7 heteroatoms. The van der Waals surface area contributed by atoms with E-state index in [4.69, 9.17) is 9.88 Å². The number of ether oxygens (including phenoxy) is 1. The first kappa shape index (κ1) is 16.2. The fraction of sp³-hybridized carbons (Fsp3) is 0.917. The van der Waals surface area contributed by atoms with Crippen molar-refractivity contribution in [3.63, 3.8) is 0 Å². The quantitative estimate of drug-likeness (QED) is 0.823. The lowest BCUT2D eigenvalue weighted by Gasteiger charge is -2.37. The third-order valence-electron chi connectivity index (χ3n) is 3.05. The van der Waals surface area contributed by atoms with Gasteiger partial charge >= 0.3 is 6.09 Å². The first-order valence-corrected chi connectivity index (χ1v) is 8.25. The molecule has 0 unspecified atom stereocenters. The number of carbonyl (C=O) groups is 1. The second-order valence-electron chi connectivity index (χ2n) is 6.28. The van der Waals surface area contributed by atoms with Crippen molar-refractivity contribution in [1.29, 1.82) is 0 Å². The Labute approximate surface area is 115 Å². The van der Waals surface area contributed by atoms with Gasteiger partial charge in [0.15, 0.2) is 0 Å². The van der Waals surface area contributed by atoms with Crippen LogP contribution >= 0.6 is 0 Å². The van der Waals surface area contributed by atoms with E-state index in [-0.39, 0.29) is 5.75 Å². The summed E-state index contributed by atoms with van der Waals surface area (Å²) in [5, 5.41) is 7.86. The van der Waals surface area contributed by atoms with Gasteiger partial charge in [-0.3, -0.25) is 0 Å². The van der Waals surface area contributed by atoms with Gasteiger partial charge in [0.2, 0.25) is 10.0 Å². The summed E-state index contributed by atoms with van der Waals surface area (Å²) in [7, 11) is -3.64. The van der Waals surface area contributed by atoms with Crippen LogP contribution in [-0.2, 0) is 14.8 Å². The molecule has 1 aliphatic carbocycles. The van der Waals surface area contributed by atoms with Crippen molar-refractivity contribution < 1.29 is 17.9 Å². The number of sulfonamides is 1. The lowest BCUT2D eigenvalue weighted by molar-refractivity contribution is 0.0441. The molecule has 0 bridgehead atoms. The number of nitrogens with two attached hydrogens (primary N) is 1. The predicted molar refractivity (Wildman–Crippen MR) is 73.2 cm³/mol. The van der Waals surface area contributed by atoms with Gasteiger partial charge in [-0.05, 0) is 33.6 Å². The summed E-state index contributed by atoms with van der Waals surface area (Å²) < 4.78 is 27.9. The molecular formula is C12H24N2O4S. The Kier molecular flexibility index (Phi) is 4.84. The SMILES string of the molecule is CC(C)(C)OC(=O)NC1(CS(N)(=O)=O)CCCCC1. The van der Waals surface area contributed by atoms with Crippen molar-refractivity contribution in [3.05, 3.63) is 0 Å². The Morgan fingerprint density at radius 1 is 1.26 bits per heavy atom. The van der Waals surface area contributed by atoms with E-state index < -0.39 is 27.3 Å². The number of hydrogen-bond donors (Lipinski definition) is 2. The van der Waals surface area contributed by atoms with E-state index in [1.165, 1.54) is 0 Å². The van der Waals surface area contributed by atoms with E-state index in [1.807, 2.05) is 0 Å². The number of hydrogen-bond acceptors (Lipinski definition) is 4. The molecule has 1 amide bonds. The summed E-state index contributed by atoms with van der Waals surface area (Å²) in [5.41, 5.74) is -1.39. The average molecular weight is 292 g/mol. The van der Waals surface area contributed by atoms with Gasteiger partial charge in [0.25, 0.3) is 0 Å². The highest BCUT2D eigenvalue weighted by Gasteiger charge is 2.38. The van der Waals surface area contributed by atoms with Gasteiger partial charge in [0.1, 0.15) is 5.60 Å². The Morgan fingerprint density at radius 2 is 1.79 bits per heavy atom. The minimum absolute atomic E-state index is 0.237. The lowest BCUT2D eigenvalue weighted by atomic mass is 9.83.